The Morgan fingerprint density at radius 2 is 2.26 bits per heavy atom. The van der Waals surface area contributed by atoms with Gasteiger partial charge in [0, 0.05) is 19.7 Å². The molecule has 1 aliphatic heterocycles. The lowest BCUT2D eigenvalue weighted by Gasteiger charge is -2.32. The quantitative estimate of drug-likeness (QED) is 0.667. The summed E-state index contributed by atoms with van der Waals surface area (Å²) in [4.78, 5) is 24.7. The number of piperidine rings is 1. The van der Waals surface area contributed by atoms with Gasteiger partial charge in [0.25, 0.3) is 0 Å². The predicted molar refractivity (Wildman–Crippen MR) is 74.3 cm³/mol. The Bertz CT molecular complexity index is 314. The fourth-order valence-corrected chi connectivity index (χ4v) is 2.60. The van der Waals surface area contributed by atoms with E-state index in [1.165, 1.54) is 0 Å². The van der Waals surface area contributed by atoms with Crippen LogP contribution in [0, 0.1) is 5.92 Å². The van der Waals surface area contributed by atoms with E-state index in [9.17, 15) is 9.59 Å². The Kier molecular flexibility index (Phi) is 7.01. The normalized spacial score (nSPS) is 20.9. The van der Waals surface area contributed by atoms with Crippen molar-refractivity contribution in [2.24, 2.45) is 5.92 Å². The number of likely N-dealkylation sites (tertiary alicyclic amines) is 1. The highest BCUT2D eigenvalue weighted by atomic mass is 32.2. The first kappa shape index (κ1) is 16.1. The molecule has 1 rings (SSSR count). The summed E-state index contributed by atoms with van der Waals surface area (Å²) in [6, 6.07) is -1.18. The number of aliphatic carboxylic acids is 1. The molecule has 1 unspecified atom stereocenters. The van der Waals surface area contributed by atoms with Crippen LogP contribution in [0.2, 0.25) is 0 Å². The Morgan fingerprint density at radius 3 is 2.84 bits per heavy atom. The zero-order valence-electron chi connectivity index (χ0n) is 11.2. The Morgan fingerprint density at radius 1 is 1.53 bits per heavy atom. The minimum absolute atomic E-state index is 0.0681. The number of carboxylic acids is 1. The molecule has 0 spiro atoms. The second kappa shape index (κ2) is 8.27. The van der Waals surface area contributed by atoms with E-state index in [1.54, 1.807) is 16.7 Å². The average Bonchev–Trinajstić information content (AvgIpc) is 2.42. The molecule has 6 nitrogen and oxygen atoms in total. The number of nitrogens with one attached hydrogen (secondary N) is 1. The van der Waals surface area contributed by atoms with Crippen LogP contribution in [0.1, 0.15) is 19.3 Å². The number of hydrogen-bond donors (Lipinski definition) is 3. The van der Waals surface area contributed by atoms with Crippen LogP contribution in [0.5, 0.6) is 0 Å². The lowest BCUT2D eigenvalue weighted by atomic mass is 9.99. The summed E-state index contributed by atoms with van der Waals surface area (Å²) in [6.07, 6.45) is 4.08. The number of carbonyl (C=O) groups excluding carboxylic acids is 1. The fourth-order valence-electron chi connectivity index (χ4n) is 2.13. The van der Waals surface area contributed by atoms with E-state index in [0.29, 0.717) is 25.3 Å². The van der Waals surface area contributed by atoms with Gasteiger partial charge < -0.3 is 20.4 Å². The van der Waals surface area contributed by atoms with Crippen molar-refractivity contribution in [2.75, 3.05) is 31.7 Å². The maximum Gasteiger partial charge on any atom is 0.326 e. The van der Waals surface area contributed by atoms with Crippen LogP contribution in [0.15, 0.2) is 0 Å². The summed E-state index contributed by atoms with van der Waals surface area (Å²) in [7, 11) is 0. The molecule has 3 N–H and O–H groups in total. The molecule has 1 saturated heterocycles. The van der Waals surface area contributed by atoms with E-state index < -0.39 is 12.0 Å². The first-order valence-corrected chi connectivity index (χ1v) is 7.86. The van der Waals surface area contributed by atoms with Crippen molar-refractivity contribution in [1.82, 2.24) is 10.2 Å². The molecule has 0 aromatic heterocycles. The first-order valence-electron chi connectivity index (χ1n) is 6.46. The molecule has 110 valence electrons. The zero-order valence-corrected chi connectivity index (χ0v) is 12.0. The zero-order chi connectivity index (χ0) is 14.3. The molecule has 0 saturated carbocycles. The number of aliphatic hydroxyl groups excluding tert-OH is 1. The van der Waals surface area contributed by atoms with Crippen molar-refractivity contribution in [3.63, 3.8) is 0 Å². The third kappa shape index (κ3) is 5.28. The number of thioether (sulfide) groups is 1. The minimum atomic E-state index is -1.00. The topological polar surface area (TPSA) is 89.9 Å². The number of carboxylic acid groups (broad SMARTS) is 1. The van der Waals surface area contributed by atoms with Gasteiger partial charge in [-0.1, -0.05) is 0 Å². The van der Waals surface area contributed by atoms with Gasteiger partial charge in [-0.15, -0.1) is 0 Å². The van der Waals surface area contributed by atoms with Crippen molar-refractivity contribution in [3.8, 4) is 0 Å². The molecule has 0 radical (unpaired) electrons. The van der Waals surface area contributed by atoms with E-state index in [4.69, 9.17) is 10.2 Å². The van der Waals surface area contributed by atoms with Crippen LogP contribution in [-0.4, -0.2) is 64.9 Å². The van der Waals surface area contributed by atoms with Gasteiger partial charge in [0.1, 0.15) is 6.04 Å². The van der Waals surface area contributed by atoms with Gasteiger partial charge >= 0.3 is 12.0 Å². The molecule has 1 heterocycles. The summed E-state index contributed by atoms with van der Waals surface area (Å²) in [5.41, 5.74) is 0. The van der Waals surface area contributed by atoms with Crippen molar-refractivity contribution in [3.05, 3.63) is 0 Å². The third-order valence-corrected chi connectivity index (χ3v) is 3.91. The van der Waals surface area contributed by atoms with Gasteiger partial charge in [-0.3, -0.25) is 0 Å². The summed E-state index contributed by atoms with van der Waals surface area (Å²) in [6.45, 7) is 1.19. The average molecular weight is 290 g/mol. The molecule has 1 aliphatic rings. The van der Waals surface area contributed by atoms with Crippen LogP contribution < -0.4 is 5.32 Å². The van der Waals surface area contributed by atoms with Crippen molar-refractivity contribution in [1.29, 1.82) is 0 Å². The predicted octanol–water partition coefficient (Wildman–Crippen LogP) is 0.607. The number of hydrogen-bond acceptors (Lipinski definition) is 4. The van der Waals surface area contributed by atoms with Gasteiger partial charge in [0.05, 0.1) is 0 Å². The van der Waals surface area contributed by atoms with Gasteiger partial charge in [-0.05, 0) is 37.2 Å². The molecule has 1 fully saturated rings. The van der Waals surface area contributed by atoms with Crippen LogP contribution >= 0.6 is 11.8 Å². The van der Waals surface area contributed by atoms with Crippen LogP contribution in [0.4, 0.5) is 4.79 Å². The number of aliphatic hydroxyl groups is 1. The maximum absolute atomic E-state index is 12.0. The smallest absolute Gasteiger partial charge is 0.326 e. The molecule has 19 heavy (non-hydrogen) atoms. The molecular formula is C12H22N2O4S. The van der Waals surface area contributed by atoms with Crippen LogP contribution in [-0.2, 0) is 4.79 Å². The maximum atomic E-state index is 12.0. The van der Waals surface area contributed by atoms with Crippen LogP contribution in [0.25, 0.3) is 0 Å². The second-order valence-corrected chi connectivity index (χ2v) is 5.74. The van der Waals surface area contributed by atoms with E-state index in [1.807, 2.05) is 6.26 Å². The van der Waals surface area contributed by atoms with Crippen LogP contribution in [0.3, 0.4) is 0 Å². The van der Waals surface area contributed by atoms with Gasteiger partial charge in [0.2, 0.25) is 0 Å². The number of urea groups is 1. The highest BCUT2D eigenvalue weighted by molar-refractivity contribution is 7.98. The number of amides is 2. The lowest BCUT2D eigenvalue weighted by molar-refractivity contribution is -0.139. The second-order valence-electron chi connectivity index (χ2n) is 4.76. The van der Waals surface area contributed by atoms with Crippen molar-refractivity contribution >= 4 is 23.8 Å². The van der Waals surface area contributed by atoms with E-state index in [-0.39, 0.29) is 18.6 Å². The Hall–Kier alpha value is -0.950. The molecule has 7 heteroatoms. The fraction of sp³-hybridized carbons (Fsp3) is 0.833. The highest BCUT2D eigenvalue weighted by Gasteiger charge is 2.26. The largest absolute Gasteiger partial charge is 0.480 e. The number of carbonyl (C=O) groups is 2. The van der Waals surface area contributed by atoms with Gasteiger partial charge in [-0.25, -0.2) is 9.59 Å². The molecular weight excluding hydrogens is 268 g/mol. The molecule has 0 aromatic carbocycles. The highest BCUT2D eigenvalue weighted by Crippen LogP contribution is 2.16. The Labute approximate surface area is 117 Å². The Balaban J connectivity index is 2.48. The SMILES string of the molecule is CSCC[C@H](NC(=O)N1CCCC(CO)C1)C(=O)O. The summed E-state index contributed by atoms with van der Waals surface area (Å²) >= 11 is 1.55. The monoisotopic (exact) mass is 290 g/mol. The molecule has 0 aromatic rings. The van der Waals surface area contributed by atoms with Crippen molar-refractivity contribution in [2.45, 2.75) is 25.3 Å². The third-order valence-electron chi connectivity index (χ3n) is 3.27. The van der Waals surface area contributed by atoms with E-state index in [2.05, 4.69) is 5.32 Å². The summed E-state index contributed by atoms with van der Waals surface area (Å²) < 4.78 is 0. The van der Waals surface area contributed by atoms with Crippen molar-refractivity contribution < 1.29 is 19.8 Å². The molecule has 2 amide bonds. The molecule has 2 atom stereocenters. The molecule has 0 bridgehead atoms. The minimum Gasteiger partial charge on any atom is -0.480 e. The van der Waals surface area contributed by atoms with E-state index in [0.717, 1.165) is 12.8 Å². The lowest BCUT2D eigenvalue weighted by Crippen LogP contribution is -2.51. The first-order chi connectivity index (χ1) is 9.08. The van der Waals surface area contributed by atoms with Gasteiger partial charge in [-0.2, -0.15) is 11.8 Å². The summed E-state index contributed by atoms with van der Waals surface area (Å²) in [5, 5.41) is 20.7. The number of nitrogens with zero attached hydrogens (tertiary/aromatic N) is 1. The van der Waals surface area contributed by atoms with Gasteiger partial charge in [0.15, 0.2) is 0 Å². The number of rotatable bonds is 6. The van der Waals surface area contributed by atoms with E-state index >= 15 is 0 Å². The molecule has 0 aliphatic carbocycles. The standard InChI is InChI=1S/C12H22N2O4S/c1-19-6-4-10(11(16)17)13-12(18)14-5-2-3-9(7-14)8-15/h9-10,15H,2-8H2,1H3,(H,13,18)(H,16,17)/t9?,10-/m0/s1. The summed E-state index contributed by atoms with van der Waals surface area (Å²) in [5.74, 6) is -0.205.